The second-order valence-corrected chi connectivity index (χ2v) is 6.77. The van der Waals surface area contributed by atoms with Gasteiger partial charge in [0.15, 0.2) is 0 Å². The largest absolute Gasteiger partial charge is 0.481 e. The van der Waals surface area contributed by atoms with Crippen LogP contribution in [0.15, 0.2) is 18.2 Å². The number of aryl methyl sites for hydroxylation is 1. The Bertz CT molecular complexity index is 649. The summed E-state index contributed by atoms with van der Waals surface area (Å²) in [7, 11) is 0. The minimum atomic E-state index is -0.881. The molecule has 0 radical (unpaired) electrons. The van der Waals surface area contributed by atoms with Gasteiger partial charge in [-0.3, -0.25) is 4.79 Å². The number of aliphatic carboxylic acids is 1. The van der Waals surface area contributed by atoms with Gasteiger partial charge >= 0.3 is 12.0 Å². The molecule has 1 saturated heterocycles. The fraction of sp³-hybridized carbons (Fsp3) is 0.529. The SMILES string of the molecule is CC1(C(=O)O)CCN(C(=O)N[C@H]2CCCc3ccc(F)cc32)C1. The minimum Gasteiger partial charge on any atom is -0.481 e. The number of carbonyl (C=O) groups is 2. The summed E-state index contributed by atoms with van der Waals surface area (Å²) >= 11 is 0. The monoisotopic (exact) mass is 320 g/mol. The van der Waals surface area contributed by atoms with Crippen LogP contribution >= 0.6 is 0 Å². The number of likely N-dealkylation sites (tertiary alicyclic amines) is 1. The van der Waals surface area contributed by atoms with Crippen molar-refractivity contribution in [3.8, 4) is 0 Å². The molecule has 1 aliphatic carbocycles. The van der Waals surface area contributed by atoms with Gasteiger partial charge in [-0.25, -0.2) is 9.18 Å². The predicted octanol–water partition coefficient (Wildman–Crippen LogP) is 2.71. The van der Waals surface area contributed by atoms with E-state index in [1.807, 2.05) is 0 Å². The lowest BCUT2D eigenvalue weighted by atomic mass is 9.87. The van der Waals surface area contributed by atoms with Crippen LogP contribution in [0.2, 0.25) is 0 Å². The van der Waals surface area contributed by atoms with Crippen molar-refractivity contribution in [2.45, 2.75) is 38.6 Å². The Morgan fingerprint density at radius 1 is 1.43 bits per heavy atom. The van der Waals surface area contributed by atoms with E-state index in [1.165, 1.54) is 12.1 Å². The van der Waals surface area contributed by atoms with Crippen LogP contribution in [0.3, 0.4) is 0 Å². The van der Waals surface area contributed by atoms with Gasteiger partial charge in [-0.15, -0.1) is 0 Å². The molecule has 2 aliphatic rings. The van der Waals surface area contributed by atoms with Crippen LogP contribution in [-0.4, -0.2) is 35.1 Å². The third kappa shape index (κ3) is 3.02. The van der Waals surface area contributed by atoms with Crippen LogP contribution in [0.4, 0.5) is 9.18 Å². The maximum absolute atomic E-state index is 13.5. The molecule has 1 aliphatic heterocycles. The number of carbonyl (C=O) groups excluding carboxylic acids is 1. The molecule has 0 aromatic heterocycles. The second kappa shape index (κ2) is 5.83. The van der Waals surface area contributed by atoms with Crippen LogP contribution < -0.4 is 5.32 Å². The highest BCUT2D eigenvalue weighted by Crippen LogP contribution is 2.33. The maximum Gasteiger partial charge on any atom is 0.317 e. The summed E-state index contributed by atoms with van der Waals surface area (Å²) in [5.41, 5.74) is 1.03. The molecule has 1 fully saturated rings. The van der Waals surface area contributed by atoms with Gasteiger partial charge in [-0.1, -0.05) is 6.07 Å². The number of rotatable bonds is 2. The lowest BCUT2D eigenvalue weighted by Gasteiger charge is -2.29. The van der Waals surface area contributed by atoms with Gasteiger partial charge < -0.3 is 15.3 Å². The third-order valence-corrected chi connectivity index (χ3v) is 5.00. The van der Waals surface area contributed by atoms with Crippen molar-refractivity contribution in [2.75, 3.05) is 13.1 Å². The summed E-state index contributed by atoms with van der Waals surface area (Å²) < 4.78 is 13.5. The number of fused-ring (bicyclic) bond motifs is 1. The summed E-state index contributed by atoms with van der Waals surface area (Å²) in [5.74, 6) is -1.18. The number of amides is 2. The number of carboxylic acids is 1. The fourth-order valence-electron chi connectivity index (χ4n) is 3.47. The predicted molar refractivity (Wildman–Crippen MR) is 82.5 cm³/mol. The molecule has 1 aromatic carbocycles. The van der Waals surface area contributed by atoms with Gasteiger partial charge in [0.25, 0.3) is 0 Å². The normalized spacial score (nSPS) is 26.7. The van der Waals surface area contributed by atoms with Crippen molar-refractivity contribution >= 4 is 12.0 Å². The molecule has 2 N–H and O–H groups in total. The fourth-order valence-corrected chi connectivity index (χ4v) is 3.47. The van der Waals surface area contributed by atoms with Crippen LogP contribution in [0.1, 0.15) is 43.4 Å². The maximum atomic E-state index is 13.5. The van der Waals surface area contributed by atoms with E-state index in [9.17, 15) is 19.1 Å². The first-order valence-electron chi connectivity index (χ1n) is 7.96. The van der Waals surface area contributed by atoms with E-state index < -0.39 is 11.4 Å². The number of halogens is 1. The summed E-state index contributed by atoms with van der Waals surface area (Å²) in [4.78, 5) is 25.3. The van der Waals surface area contributed by atoms with Gasteiger partial charge in [-0.2, -0.15) is 0 Å². The Kier molecular flexibility index (Phi) is 4.00. The van der Waals surface area contributed by atoms with E-state index in [4.69, 9.17) is 0 Å². The van der Waals surface area contributed by atoms with Crippen LogP contribution in [-0.2, 0) is 11.2 Å². The first-order valence-corrected chi connectivity index (χ1v) is 7.96. The van der Waals surface area contributed by atoms with Gasteiger partial charge in [0.2, 0.25) is 0 Å². The highest BCUT2D eigenvalue weighted by molar-refractivity contribution is 5.79. The Balaban J connectivity index is 1.71. The zero-order chi connectivity index (χ0) is 16.6. The lowest BCUT2D eigenvalue weighted by molar-refractivity contribution is -0.147. The molecular formula is C17H21FN2O3. The van der Waals surface area contributed by atoms with Crippen molar-refractivity contribution in [1.82, 2.24) is 10.2 Å². The van der Waals surface area contributed by atoms with E-state index in [1.54, 1.807) is 17.9 Å². The lowest BCUT2D eigenvalue weighted by Crippen LogP contribution is -2.43. The summed E-state index contributed by atoms with van der Waals surface area (Å²) in [5, 5.41) is 12.2. The number of benzene rings is 1. The molecule has 1 aromatic rings. The smallest absolute Gasteiger partial charge is 0.317 e. The molecule has 6 heteroatoms. The zero-order valence-electron chi connectivity index (χ0n) is 13.1. The molecule has 0 spiro atoms. The highest BCUT2D eigenvalue weighted by Gasteiger charge is 2.42. The van der Waals surface area contributed by atoms with Crippen molar-refractivity contribution in [2.24, 2.45) is 5.41 Å². The molecule has 3 rings (SSSR count). The van der Waals surface area contributed by atoms with Crippen LogP contribution in [0.25, 0.3) is 0 Å². The molecule has 2 atom stereocenters. The Labute approximate surface area is 134 Å². The van der Waals surface area contributed by atoms with Crippen LogP contribution in [0, 0.1) is 11.2 Å². The molecule has 1 heterocycles. The van der Waals surface area contributed by atoms with Gasteiger partial charge in [-0.05, 0) is 55.9 Å². The van der Waals surface area contributed by atoms with E-state index >= 15 is 0 Å². The Morgan fingerprint density at radius 2 is 2.22 bits per heavy atom. The topological polar surface area (TPSA) is 69.6 Å². The molecule has 5 nitrogen and oxygen atoms in total. The average molecular weight is 320 g/mol. The molecule has 1 unspecified atom stereocenters. The first-order chi connectivity index (χ1) is 10.9. The quantitative estimate of drug-likeness (QED) is 0.880. The van der Waals surface area contributed by atoms with Crippen LogP contribution in [0.5, 0.6) is 0 Å². The third-order valence-electron chi connectivity index (χ3n) is 5.00. The second-order valence-electron chi connectivity index (χ2n) is 6.77. The van der Waals surface area contributed by atoms with E-state index in [0.717, 1.165) is 30.4 Å². The van der Waals surface area contributed by atoms with Crippen molar-refractivity contribution in [1.29, 1.82) is 0 Å². The Hall–Kier alpha value is -2.11. The zero-order valence-corrected chi connectivity index (χ0v) is 13.1. The van der Waals surface area contributed by atoms with E-state index in [-0.39, 0.29) is 24.4 Å². The number of hydrogen-bond acceptors (Lipinski definition) is 2. The number of carboxylic acid groups (broad SMARTS) is 1. The number of hydrogen-bond donors (Lipinski definition) is 2. The van der Waals surface area contributed by atoms with Crippen molar-refractivity contribution in [3.63, 3.8) is 0 Å². The standard InChI is InChI=1S/C17H21FN2O3/c1-17(15(21)22)7-8-20(10-17)16(23)19-14-4-2-3-11-5-6-12(18)9-13(11)14/h5-6,9,14H,2-4,7-8,10H2,1H3,(H,19,23)(H,21,22)/t14-,17?/m0/s1. The number of nitrogens with zero attached hydrogens (tertiary/aromatic N) is 1. The summed E-state index contributed by atoms with van der Waals surface area (Å²) in [6, 6.07) is 4.24. The molecule has 124 valence electrons. The molecule has 0 saturated carbocycles. The van der Waals surface area contributed by atoms with E-state index in [0.29, 0.717) is 13.0 Å². The van der Waals surface area contributed by atoms with Gasteiger partial charge in [0.1, 0.15) is 5.82 Å². The molecule has 23 heavy (non-hydrogen) atoms. The highest BCUT2D eigenvalue weighted by atomic mass is 19.1. The number of nitrogens with one attached hydrogen (secondary N) is 1. The summed E-state index contributed by atoms with van der Waals surface area (Å²) in [6.45, 7) is 2.29. The molecule has 2 amide bonds. The summed E-state index contributed by atoms with van der Waals surface area (Å²) in [6.07, 6.45) is 3.05. The minimum absolute atomic E-state index is 0.205. The van der Waals surface area contributed by atoms with Crippen molar-refractivity contribution in [3.05, 3.63) is 35.1 Å². The molecule has 0 bridgehead atoms. The van der Waals surface area contributed by atoms with Crippen molar-refractivity contribution < 1.29 is 19.1 Å². The Morgan fingerprint density at radius 3 is 2.91 bits per heavy atom. The van der Waals surface area contributed by atoms with E-state index in [2.05, 4.69) is 5.32 Å². The average Bonchev–Trinajstić information content (AvgIpc) is 2.92. The number of urea groups is 1. The van der Waals surface area contributed by atoms with Gasteiger partial charge in [0, 0.05) is 13.1 Å². The van der Waals surface area contributed by atoms with Gasteiger partial charge in [0.05, 0.1) is 11.5 Å². The first kappa shape index (κ1) is 15.8. The molecular weight excluding hydrogens is 299 g/mol.